The van der Waals surface area contributed by atoms with Crippen molar-refractivity contribution < 1.29 is 23.9 Å². The molecule has 0 unspecified atom stereocenters. The molecule has 0 aliphatic carbocycles. The Labute approximate surface area is 200 Å². The number of hydrogen-bond donors (Lipinski definition) is 1. The number of nitrogens with one attached hydrogen (secondary N) is 1. The van der Waals surface area contributed by atoms with E-state index in [4.69, 9.17) is 9.47 Å². The van der Waals surface area contributed by atoms with Gasteiger partial charge in [-0.1, -0.05) is 24.3 Å². The highest BCUT2D eigenvalue weighted by atomic mass is 16.6. The van der Waals surface area contributed by atoms with Gasteiger partial charge in [-0.3, -0.25) is 14.5 Å². The molecule has 4 amide bonds. The number of likely N-dealkylation sites (N-methyl/N-ethyl adjacent to an activating group) is 1. The summed E-state index contributed by atoms with van der Waals surface area (Å²) in [5.74, 6) is 0.339. The lowest BCUT2D eigenvalue weighted by Crippen LogP contribution is -2.47. The molecule has 12 nitrogen and oxygen atoms in total. The molecule has 0 radical (unpaired) electrons. The minimum Gasteiger partial charge on any atom is -0.486 e. The Morgan fingerprint density at radius 1 is 1.20 bits per heavy atom. The predicted molar refractivity (Wildman–Crippen MR) is 121 cm³/mol. The summed E-state index contributed by atoms with van der Waals surface area (Å²) in [6, 6.07) is 13.6. The minimum absolute atomic E-state index is 0.238. The third kappa shape index (κ3) is 4.14. The van der Waals surface area contributed by atoms with Gasteiger partial charge in [0.1, 0.15) is 25.0 Å². The third-order valence-corrected chi connectivity index (χ3v) is 6.08. The van der Waals surface area contributed by atoms with Crippen molar-refractivity contribution in [1.82, 2.24) is 35.3 Å². The Hall–Kier alpha value is -4.48. The van der Waals surface area contributed by atoms with E-state index in [9.17, 15) is 14.4 Å². The van der Waals surface area contributed by atoms with Gasteiger partial charge in [0.2, 0.25) is 5.91 Å². The van der Waals surface area contributed by atoms with Crippen LogP contribution in [0, 0.1) is 0 Å². The lowest BCUT2D eigenvalue weighted by molar-refractivity contribution is -0.138. The number of carbonyl (C=O) groups excluding carboxylic acids is 3. The Morgan fingerprint density at radius 2 is 2.00 bits per heavy atom. The summed E-state index contributed by atoms with van der Waals surface area (Å²) >= 11 is 0. The van der Waals surface area contributed by atoms with Crippen molar-refractivity contribution in [2.45, 2.75) is 18.6 Å². The predicted octanol–water partition coefficient (Wildman–Crippen LogP) is 0.728. The number of urea groups is 1. The second-order valence-electron chi connectivity index (χ2n) is 8.52. The van der Waals surface area contributed by atoms with E-state index >= 15 is 0 Å². The van der Waals surface area contributed by atoms with E-state index in [2.05, 4.69) is 20.8 Å². The maximum absolute atomic E-state index is 13.3. The van der Waals surface area contributed by atoms with Crippen molar-refractivity contribution in [2.24, 2.45) is 0 Å². The zero-order valence-corrected chi connectivity index (χ0v) is 19.1. The van der Waals surface area contributed by atoms with Gasteiger partial charge in [-0.05, 0) is 47.2 Å². The zero-order valence-electron chi connectivity index (χ0n) is 19.1. The highest BCUT2D eigenvalue weighted by molar-refractivity contribution is 6.09. The Morgan fingerprint density at radius 3 is 2.77 bits per heavy atom. The molecule has 0 saturated carbocycles. The molecule has 2 aromatic carbocycles. The number of rotatable bonds is 6. The second kappa shape index (κ2) is 8.70. The number of imide groups is 1. The standard InChI is InChI=1S/C23H23N7O5/c1-23(15-6-5-7-16(10-15)30-14-24-26-27-30)21(32)29(22(33)25-23)12-20(31)28(2)11-17-13-34-18-8-3-4-9-19(18)35-17/h3-10,14,17H,11-13H2,1-2H3,(H,25,33)/t17-,23-/m1/s1. The van der Waals surface area contributed by atoms with Crippen LogP contribution in [0.1, 0.15) is 12.5 Å². The first-order valence-electron chi connectivity index (χ1n) is 11.0. The molecule has 3 heterocycles. The monoisotopic (exact) mass is 477 g/mol. The van der Waals surface area contributed by atoms with E-state index in [0.717, 1.165) is 4.90 Å². The average Bonchev–Trinajstić information content (AvgIpc) is 3.48. The van der Waals surface area contributed by atoms with Gasteiger partial charge in [0.25, 0.3) is 5.91 Å². The van der Waals surface area contributed by atoms with E-state index in [-0.39, 0.29) is 19.3 Å². The van der Waals surface area contributed by atoms with Crippen molar-refractivity contribution in [3.63, 3.8) is 0 Å². The van der Waals surface area contributed by atoms with Crippen LogP contribution in [0.2, 0.25) is 0 Å². The van der Waals surface area contributed by atoms with Gasteiger partial charge in [-0.15, -0.1) is 5.10 Å². The number of benzene rings is 2. The summed E-state index contributed by atoms with van der Waals surface area (Å²) in [7, 11) is 1.60. The fourth-order valence-corrected chi connectivity index (χ4v) is 4.09. The number of carbonyl (C=O) groups is 3. The maximum atomic E-state index is 13.3. The highest BCUT2D eigenvalue weighted by Crippen LogP contribution is 2.32. The molecule has 1 aromatic heterocycles. The number of hydrogen-bond acceptors (Lipinski definition) is 8. The fourth-order valence-electron chi connectivity index (χ4n) is 4.09. The van der Waals surface area contributed by atoms with Gasteiger partial charge in [0, 0.05) is 7.05 Å². The molecule has 1 N–H and O–H groups in total. The van der Waals surface area contributed by atoms with Crippen LogP contribution in [0.4, 0.5) is 4.79 Å². The van der Waals surface area contributed by atoms with Gasteiger partial charge < -0.3 is 19.7 Å². The van der Waals surface area contributed by atoms with E-state index in [0.29, 0.717) is 22.7 Å². The number of amides is 4. The van der Waals surface area contributed by atoms with Crippen LogP contribution < -0.4 is 14.8 Å². The number of tetrazole rings is 1. The van der Waals surface area contributed by atoms with Crippen LogP contribution >= 0.6 is 0 Å². The summed E-state index contributed by atoms with van der Waals surface area (Å²) in [6.45, 7) is 1.73. The van der Waals surface area contributed by atoms with Gasteiger partial charge in [0.15, 0.2) is 17.6 Å². The van der Waals surface area contributed by atoms with Crippen LogP contribution in [-0.2, 0) is 15.1 Å². The lowest BCUT2D eigenvalue weighted by atomic mass is 9.91. The quantitative estimate of drug-likeness (QED) is 0.514. The molecule has 0 spiro atoms. The molecule has 0 bridgehead atoms. The first-order chi connectivity index (χ1) is 16.8. The van der Waals surface area contributed by atoms with Gasteiger partial charge in [-0.25, -0.2) is 9.48 Å². The molecule has 35 heavy (non-hydrogen) atoms. The summed E-state index contributed by atoms with van der Waals surface area (Å²) < 4.78 is 13.0. The summed E-state index contributed by atoms with van der Waals surface area (Å²) in [6.07, 6.45) is 1.05. The second-order valence-corrected chi connectivity index (χ2v) is 8.52. The minimum atomic E-state index is -1.34. The van der Waals surface area contributed by atoms with Crippen molar-refractivity contribution in [3.8, 4) is 17.2 Å². The molecule has 5 rings (SSSR count). The molecule has 3 aromatic rings. The van der Waals surface area contributed by atoms with Crippen molar-refractivity contribution in [3.05, 3.63) is 60.4 Å². The normalized spacial score (nSPS) is 21.1. The zero-order chi connectivity index (χ0) is 24.6. The molecular weight excluding hydrogens is 454 g/mol. The average molecular weight is 477 g/mol. The van der Waals surface area contributed by atoms with Crippen LogP contribution in [0.15, 0.2) is 54.9 Å². The summed E-state index contributed by atoms with van der Waals surface area (Å²) in [5.41, 5.74) is -0.177. The summed E-state index contributed by atoms with van der Waals surface area (Å²) in [4.78, 5) is 41.3. The molecule has 1 fully saturated rings. The van der Waals surface area contributed by atoms with Gasteiger partial charge >= 0.3 is 6.03 Å². The summed E-state index contributed by atoms with van der Waals surface area (Å²) in [5, 5.41) is 13.8. The first-order valence-corrected chi connectivity index (χ1v) is 11.0. The van der Waals surface area contributed by atoms with Crippen LogP contribution in [-0.4, -0.2) is 80.7 Å². The molecular formula is C23H23N7O5. The smallest absolute Gasteiger partial charge is 0.325 e. The molecule has 2 aliphatic heterocycles. The lowest BCUT2D eigenvalue weighted by Gasteiger charge is -2.30. The van der Waals surface area contributed by atoms with Crippen molar-refractivity contribution >= 4 is 17.8 Å². The van der Waals surface area contributed by atoms with Crippen molar-refractivity contribution in [2.75, 3.05) is 26.7 Å². The fraction of sp³-hybridized carbons (Fsp3) is 0.304. The highest BCUT2D eigenvalue weighted by Gasteiger charge is 2.49. The number of para-hydroxylation sites is 2. The van der Waals surface area contributed by atoms with Crippen LogP contribution in [0.3, 0.4) is 0 Å². The maximum Gasteiger partial charge on any atom is 0.325 e. The van der Waals surface area contributed by atoms with E-state index in [1.165, 1.54) is 15.9 Å². The number of fused-ring (bicyclic) bond motifs is 1. The Bertz CT molecular complexity index is 1280. The van der Waals surface area contributed by atoms with E-state index in [1.54, 1.807) is 44.3 Å². The topological polar surface area (TPSA) is 132 Å². The third-order valence-electron chi connectivity index (χ3n) is 6.08. The molecule has 2 atom stereocenters. The Kier molecular flexibility index (Phi) is 5.55. The number of nitrogens with zero attached hydrogens (tertiary/aromatic N) is 6. The van der Waals surface area contributed by atoms with Gasteiger partial charge in [-0.2, -0.15) is 0 Å². The largest absolute Gasteiger partial charge is 0.486 e. The molecule has 1 saturated heterocycles. The van der Waals surface area contributed by atoms with Crippen molar-refractivity contribution in [1.29, 1.82) is 0 Å². The number of ether oxygens (including phenoxy) is 2. The van der Waals surface area contributed by atoms with Gasteiger partial charge in [0.05, 0.1) is 12.2 Å². The molecule has 180 valence electrons. The SMILES string of the molecule is CN(C[C@@H]1COc2ccccc2O1)C(=O)CN1C(=O)N[C@](C)(c2cccc(-n3cnnn3)c2)C1=O. The van der Waals surface area contributed by atoms with E-state index in [1.807, 2.05) is 18.2 Å². The van der Waals surface area contributed by atoms with E-state index < -0.39 is 29.9 Å². The first kappa shape index (κ1) is 22.3. The molecule has 2 aliphatic rings. The number of aromatic nitrogens is 4. The van der Waals surface area contributed by atoms with Crippen LogP contribution in [0.5, 0.6) is 11.5 Å². The molecule has 12 heteroatoms. The Balaban J connectivity index is 1.25. The van der Waals surface area contributed by atoms with Crippen LogP contribution in [0.25, 0.3) is 5.69 Å².